The number of anilines is 1. The summed E-state index contributed by atoms with van der Waals surface area (Å²) in [6.45, 7) is 3.06. The van der Waals surface area contributed by atoms with E-state index in [0.717, 1.165) is 11.3 Å². The van der Waals surface area contributed by atoms with E-state index in [1.807, 2.05) is 24.3 Å². The van der Waals surface area contributed by atoms with Gasteiger partial charge in [0, 0.05) is 24.8 Å². The van der Waals surface area contributed by atoms with Crippen LogP contribution >= 0.6 is 0 Å². The Balaban J connectivity index is 1.45. The molecule has 1 aliphatic heterocycles. The average molecular weight is 328 g/mol. The highest BCUT2D eigenvalue weighted by molar-refractivity contribution is 5.79. The molecule has 126 valence electrons. The Morgan fingerprint density at radius 2 is 2.21 bits per heavy atom. The lowest BCUT2D eigenvalue weighted by Crippen LogP contribution is -2.39. The molecule has 0 aliphatic carbocycles. The molecule has 7 heteroatoms. The fraction of sp³-hybridized carbons (Fsp3) is 0.353. The second-order valence-corrected chi connectivity index (χ2v) is 5.77. The van der Waals surface area contributed by atoms with Gasteiger partial charge < -0.3 is 15.4 Å². The zero-order valence-electron chi connectivity index (χ0n) is 13.5. The van der Waals surface area contributed by atoms with Gasteiger partial charge in [0.2, 0.25) is 11.9 Å². The summed E-state index contributed by atoms with van der Waals surface area (Å²) >= 11 is 0. The molecular weight excluding hydrogens is 308 g/mol. The van der Waals surface area contributed by atoms with Crippen molar-refractivity contribution in [1.82, 2.24) is 15.3 Å². The Morgan fingerprint density at radius 1 is 1.38 bits per heavy atom. The Hall–Kier alpha value is -2.83. The minimum absolute atomic E-state index is 0.0306. The van der Waals surface area contributed by atoms with Gasteiger partial charge >= 0.3 is 0 Å². The fourth-order valence-corrected chi connectivity index (χ4v) is 2.67. The van der Waals surface area contributed by atoms with Crippen LogP contribution in [0, 0.1) is 12.8 Å². The van der Waals surface area contributed by atoms with Gasteiger partial charge in [0.25, 0.3) is 5.56 Å². The lowest BCUT2D eigenvalue weighted by molar-refractivity contribution is -0.126. The van der Waals surface area contributed by atoms with Crippen LogP contribution < -0.4 is 20.9 Å². The van der Waals surface area contributed by atoms with Crippen LogP contribution in [-0.4, -0.2) is 35.6 Å². The summed E-state index contributed by atoms with van der Waals surface area (Å²) in [5, 5.41) is 5.87. The van der Waals surface area contributed by atoms with Crippen molar-refractivity contribution in [2.75, 3.05) is 25.0 Å². The number of carbonyl (C=O) groups is 1. The Labute approximate surface area is 139 Å². The van der Waals surface area contributed by atoms with Gasteiger partial charge in [-0.15, -0.1) is 0 Å². The van der Waals surface area contributed by atoms with Crippen molar-refractivity contribution >= 4 is 11.9 Å². The first-order valence-corrected chi connectivity index (χ1v) is 7.92. The largest absolute Gasteiger partial charge is 0.492 e. The molecule has 1 atom stereocenters. The maximum Gasteiger partial charge on any atom is 0.252 e. The molecule has 1 amide bonds. The SMILES string of the molecule is Cc1cc(=O)[nH]c(NCCNC(=O)[C@H]2COc3ccccc3C2)n1. The first-order chi connectivity index (χ1) is 11.6. The predicted octanol–water partition coefficient (Wildman–Crippen LogP) is 0.858. The lowest BCUT2D eigenvalue weighted by atomic mass is 9.96. The Morgan fingerprint density at radius 3 is 3.04 bits per heavy atom. The number of amides is 1. The fourth-order valence-electron chi connectivity index (χ4n) is 2.67. The van der Waals surface area contributed by atoms with Gasteiger partial charge in [0.05, 0.1) is 5.92 Å². The number of hydrogen-bond acceptors (Lipinski definition) is 5. The minimum atomic E-state index is -0.202. The summed E-state index contributed by atoms with van der Waals surface area (Å²) in [4.78, 5) is 30.3. The first kappa shape index (κ1) is 16.0. The van der Waals surface area contributed by atoms with Crippen molar-refractivity contribution in [3.05, 3.63) is 51.9 Å². The normalized spacial score (nSPS) is 16.0. The summed E-state index contributed by atoms with van der Waals surface area (Å²) in [6, 6.07) is 9.20. The van der Waals surface area contributed by atoms with Crippen LogP contribution in [0.1, 0.15) is 11.3 Å². The van der Waals surface area contributed by atoms with Gasteiger partial charge in [-0.05, 0) is 25.0 Å². The number of nitrogens with zero attached hydrogens (tertiary/aromatic N) is 1. The van der Waals surface area contributed by atoms with E-state index in [1.165, 1.54) is 6.07 Å². The third kappa shape index (κ3) is 3.92. The molecule has 2 heterocycles. The molecule has 0 radical (unpaired) electrons. The summed E-state index contributed by atoms with van der Waals surface area (Å²) in [5.74, 6) is 1.05. The lowest BCUT2D eigenvalue weighted by Gasteiger charge is -2.24. The van der Waals surface area contributed by atoms with Gasteiger partial charge in [-0.2, -0.15) is 0 Å². The number of nitrogens with one attached hydrogen (secondary N) is 3. The van der Waals surface area contributed by atoms with E-state index in [1.54, 1.807) is 6.92 Å². The van der Waals surface area contributed by atoms with Crippen LogP contribution in [0.15, 0.2) is 35.1 Å². The van der Waals surface area contributed by atoms with Crippen molar-refractivity contribution in [2.24, 2.45) is 5.92 Å². The van der Waals surface area contributed by atoms with Crippen LogP contribution in [0.2, 0.25) is 0 Å². The molecule has 24 heavy (non-hydrogen) atoms. The van der Waals surface area contributed by atoms with E-state index in [4.69, 9.17) is 4.74 Å². The van der Waals surface area contributed by atoms with E-state index >= 15 is 0 Å². The summed E-state index contributed by atoms with van der Waals surface area (Å²) in [5.41, 5.74) is 1.50. The minimum Gasteiger partial charge on any atom is -0.492 e. The van der Waals surface area contributed by atoms with E-state index in [9.17, 15) is 9.59 Å². The monoisotopic (exact) mass is 328 g/mol. The Kier molecular flexibility index (Phi) is 4.79. The van der Waals surface area contributed by atoms with Crippen molar-refractivity contribution in [1.29, 1.82) is 0 Å². The van der Waals surface area contributed by atoms with Crippen LogP contribution in [0.25, 0.3) is 0 Å². The molecule has 0 saturated heterocycles. The molecule has 1 aliphatic rings. The molecule has 0 fully saturated rings. The number of benzene rings is 1. The molecule has 0 saturated carbocycles. The number of fused-ring (bicyclic) bond motifs is 1. The average Bonchev–Trinajstić information content (AvgIpc) is 2.57. The topological polar surface area (TPSA) is 96.1 Å². The van der Waals surface area contributed by atoms with Crippen LogP contribution in [0.3, 0.4) is 0 Å². The predicted molar refractivity (Wildman–Crippen MR) is 90.2 cm³/mol. The summed E-state index contributed by atoms with van der Waals surface area (Å²) in [6.07, 6.45) is 0.683. The highest BCUT2D eigenvalue weighted by Crippen LogP contribution is 2.26. The number of aromatic nitrogens is 2. The quantitative estimate of drug-likeness (QED) is 0.708. The van der Waals surface area contributed by atoms with Gasteiger partial charge in [-0.1, -0.05) is 18.2 Å². The van der Waals surface area contributed by atoms with Gasteiger partial charge in [0.15, 0.2) is 0 Å². The van der Waals surface area contributed by atoms with E-state index < -0.39 is 0 Å². The number of aromatic amines is 1. The first-order valence-electron chi connectivity index (χ1n) is 7.92. The molecule has 1 aromatic carbocycles. The second kappa shape index (κ2) is 7.16. The number of para-hydroxylation sites is 1. The number of ether oxygens (including phenoxy) is 1. The maximum absolute atomic E-state index is 12.2. The molecular formula is C17H20N4O3. The zero-order valence-corrected chi connectivity index (χ0v) is 13.5. The van der Waals surface area contributed by atoms with Gasteiger partial charge in [-0.25, -0.2) is 4.98 Å². The molecule has 2 aromatic rings. The molecule has 0 unspecified atom stereocenters. The number of hydrogen-bond donors (Lipinski definition) is 3. The zero-order chi connectivity index (χ0) is 16.9. The smallest absolute Gasteiger partial charge is 0.252 e. The number of rotatable bonds is 5. The number of carbonyl (C=O) groups excluding carboxylic acids is 1. The van der Waals surface area contributed by atoms with Crippen molar-refractivity contribution < 1.29 is 9.53 Å². The van der Waals surface area contributed by atoms with Crippen molar-refractivity contribution in [3.63, 3.8) is 0 Å². The highest BCUT2D eigenvalue weighted by Gasteiger charge is 2.25. The standard InChI is InChI=1S/C17H20N4O3/c1-11-8-15(22)21-17(20-11)19-7-6-18-16(23)13-9-12-4-2-3-5-14(12)24-10-13/h2-5,8,13H,6-7,9-10H2,1H3,(H,18,23)(H2,19,20,21,22)/t13-/m1/s1. The second-order valence-electron chi connectivity index (χ2n) is 5.77. The molecule has 0 spiro atoms. The van der Waals surface area contributed by atoms with Crippen LogP contribution in [-0.2, 0) is 11.2 Å². The van der Waals surface area contributed by atoms with Gasteiger partial charge in [0.1, 0.15) is 12.4 Å². The molecule has 3 N–H and O–H groups in total. The molecule has 1 aromatic heterocycles. The van der Waals surface area contributed by atoms with E-state index in [0.29, 0.717) is 37.8 Å². The Bertz CT molecular complexity index is 787. The van der Waals surface area contributed by atoms with E-state index in [2.05, 4.69) is 20.6 Å². The van der Waals surface area contributed by atoms with Crippen molar-refractivity contribution in [2.45, 2.75) is 13.3 Å². The van der Waals surface area contributed by atoms with Crippen LogP contribution in [0.5, 0.6) is 5.75 Å². The molecule has 3 rings (SSSR count). The third-order valence-electron chi connectivity index (χ3n) is 3.84. The van der Waals surface area contributed by atoms with E-state index in [-0.39, 0.29) is 17.4 Å². The van der Waals surface area contributed by atoms with Crippen molar-refractivity contribution in [3.8, 4) is 5.75 Å². The summed E-state index contributed by atoms with van der Waals surface area (Å²) < 4.78 is 5.63. The van der Waals surface area contributed by atoms with Crippen LogP contribution in [0.4, 0.5) is 5.95 Å². The number of H-pyrrole nitrogens is 1. The maximum atomic E-state index is 12.2. The molecule has 0 bridgehead atoms. The molecule has 7 nitrogen and oxygen atoms in total. The third-order valence-corrected chi connectivity index (χ3v) is 3.84. The summed E-state index contributed by atoms with van der Waals surface area (Å²) in [7, 11) is 0. The van der Waals surface area contributed by atoms with Gasteiger partial charge in [-0.3, -0.25) is 14.6 Å². The number of aryl methyl sites for hydroxylation is 1. The highest BCUT2D eigenvalue weighted by atomic mass is 16.5.